The summed E-state index contributed by atoms with van der Waals surface area (Å²) < 4.78 is 13.3. The maximum Gasteiger partial charge on any atom is 0.123 e. The molecule has 0 saturated carbocycles. The van der Waals surface area contributed by atoms with Gasteiger partial charge in [0.2, 0.25) is 0 Å². The molecular formula is C16H26FN. The highest BCUT2D eigenvalue weighted by atomic mass is 19.1. The monoisotopic (exact) mass is 251 g/mol. The van der Waals surface area contributed by atoms with E-state index in [1.54, 1.807) is 6.07 Å². The summed E-state index contributed by atoms with van der Waals surface area (Å²) in [5.41, 5.74) is 2.31. The van der Waals surface area contributed by atoms with Gasteiger partial charge in [0.15, 0.2) is 0 Å². The first-order chi connectivity index (χ1) is 8.52. The predicted molar refractivity (Wildman–Crippen MR) is 76.4 cm³/mol. The minimum absolute atomic E-state index is 0.130. The Balaban J connectivity index is 2.71. The molecule has 1 rings (SSSR count). The molecule has 0 fully saturated rings. The van der Waals surface area contributed by atoms with E-state index in [0.29, 0.717) is 12.1 Å². The van der Waals surface area contributed by atoms with Crippen molar-refractivity contribution < 1.29 is 4.39 Å². The highest BCUT2D eigenvalue weighted by Crippen LogP contribution is 2.15. The summed E-state index contributed by atoms with van der Waals surface area (Å²) in [6, 6.07) is 6.01. The van der Waals surface area contributed by atoms with Gasteiger partial charge in [0.1, 0.15) is 5.82 Å². The van der Waals surface area contributed by atoms with Gasteiger partial charge in [0.25, 0.3) is 0 Å². The van der Waals surface area contributed by atoms with Crippen LogP contribution in [0.15, 0.2) is 18.2 Å². The Morgan fingerprint density at radius 3 is 2.61 bits per heavy atom. The number of nitrogens with one attached hydrogen (secondary N) is 1. The summed E-state index contributed by atoms with van der Waals surface area (Å²) in [7, 11) is 0. The summed E-state index contributed by atoms with van der Waals surface area (Å²) in [4.78, 5) is 0. The molecule has 1 aromatic rings. The molecule has 1 nitrogen and oxygen atoms in total. The smallest absolute Gasteiger partial charge is 0.123 e. The fraction of sp³-hybridized carbons (Fsp3) is 0.625. The average molecular weight is 251 g/mol. The molecule has 1 unspecified atom stereocenters. The second-order valence-corrected chi connectivity index (χ2v) is 5.44. The molecular weight excluding hydrogens is 225 g/mol. The van der Waals surface area contributed by atoms with Crippen molar-refractivity contribution in [2.75, 3.05) is 0 Å². The van der Waals surface area contributed by atoms with E-state index in [1.807, 2.05) is 6.07 Å². The van der Waals surface area contributed by atoms with Crippen molar-refractivity contribution in [3.63, 3.8) is 0 Å². The van der Waals surface area contributed by atoms with E-state index in [0.717, 1.165) is 18.4 Å². The van der Waals surface area contributed by atoms with Gasteiger partial charge in [-0.1, -0.05) is 39.7 Å². The van der Waals surface area contributed by atoms with Crippen LogP contribution in [-0.4, -0.2) is 12.1 Å². The van der Waals surface area contributed by atoms with Crippen LogP contribution in [0.1, 0.15) is 51.2 Å². The lowest BCUT2D eigenvalue weighted by Gasteiger charge is -2.22. The first kappa shape index (κ1) is 15.2. The van der Waals surface area contributed by atoms with Crippen LogP contribution >= 0.6 is 0 Å². The third kappa shape index (κ3) is 5.18. The van der Waals surface area contributed by atoms with E-state index in [4.69, 9.17) is 0 Å². The molecule has 0 radical (unpaired) electrons. The average Bonchev–Trinajstić information content (AvgIpc) is 2.30. The van der Waals surface area contributed by atoms with Crippen LogP contribution in [0.2, 0.25) is 0 Å². The lowest BCUT2D eigenvalue weighted by Crippen LogP contribution is -2.36. The minimum atomic E-state index is -0.130. The van der Waals surface area contributed by atoms with Gasteiger partial charge in [-0.2, -0.15) is 0 Å². The Hall–Kier alpha value is -0.890. The predicted octanol–water partition coefficient (Wildman–Crippen LogP) is 4.23. The highest BCUT2D eigenvalue weighted by molar-refractivity contribution is 5.27. The zero-order valence-corrected chi connectivity index (χ0v) is 12.1. The van der Waals surface area contributed by atoms with Crippen molar-refractivity contribution in [1.29, 1.82) is 0 Å². The number of rotatable bonds is 7. The normalized spacial score (nSPS) is 13.0. The van der Waals surface area contributed by atoms with Crippen molar-refractivity contribution in [3.05, 3.63) is 35.1 Å². The number of unbranched alkanes of at least 4 members (excludes halogenated alkanes) is 1. The van der Waals surface area contributed by atoms with E-state index in [2.05, 4.69) is 33.0 Å². The summed E-state index contributed by atoms with van der Waals surface area (Å²) in [6.07, 6.45) is 4.50. The van der Waals surface area contributed by atoms with Crippen LogP contribution in [0.4, 0.5) is 4.39 Å². The van der Waals surface area contributed by atoms with Crippen molar-refractivity contribution in [2.24, 2.45) is 0 Å². The molecule has 0 spiro atoms. The molecule has 2 heteroatoms. The second-order valence-electron chi connectivity index (χ2n) is 5.44. The maximum absolute atomic E-state index is 13.3. The molecule has 1 N–H and O–H groups in total. The molecule has 1 aromatic carbocycles. The lowest BCUT2D eigenvalue weighted by atomic mass is 9.97. The van der Waals surface area contributed by atoms with Crippen LogP contribution in [-0.2, 0) is 6.42 Å². The number of benzene rings is 1. The van der Waals surface area contributed by atoms with E-state index >= 15 is 0 Å². The van der Waals surface area contributed by atoms with Gasteiger partial charge >= 0.3 is 0 Å². The zero-order valence-electron chi connectivity index (χ0n) is 12.1. The summed E-state index contributed by atoms with van der Waals surface area (Å²) in [5.74, 6) is -0.130. The Morgan fingerprint density at radius 2 is 2.00 bits per heavy atom. The van der Waals surface area contributed by atoms with Gasteiger partial charge in [-0.15, -0.1) is 0 Å². The standard InChI is InChI=1S/C16H26FN/c1-5-6-7-16(18-12(2)3)11-14-10-15(17)9-8-13(14)4/h8-10,12,16,18H,5-7,11H2,1-4H3. The zero-order chi connectivity index (χ0) is 13.5. The van der Waals surface area contributed by atoms with Crippen LogP contribution < -0.4 is 5.32 Å². The SMILES string of the molecule is CCCCC(Cc1cc(F)ccc1C)NC(C)C. The van der Waals surface area contributed by atoms with Crippen molar-refractivity contribution in [3.8, 4) is 0 Å². The van der Waals surface area contributed by atoms with Crippen LogP contribution in [0, 0.1) is 12.7 Å². The van der Waals surface area contributed by atoms with Crippen LogP contribution in [0.5, 0.6) is 0 Å². The maximum atomic E-state index is 13.3. The summed E-state index contributed by atoms with van der Waals surface area (Å²) in [5, 5.41) is 3.59. The van der Waals surface area contributed by atoms with E-state index in [-0.39, 0.29) is 5.82 Å². The quantitative estimate of drug-likeness (QED) is 0.764. The number of halogens is 1. The Morgan fingerprint density at radius 1 is 1.28 bits per heavy atom. The van der Waals surface area contributed by atoms with Crippen molar-refractivity contribution in [2.45, 2.75) is 65.5 Å². The molecule has 0 aliphatic carbocycles. The Labute approximate surface area is 111 Å². The van der Waals surface area contributed by atoms with E-state index in [9.17, 15) is 4.39 Å². The molecule has 0 heterocycles. The van der Waals surface area contributed by atoms with E-state index in [1.165, 1.54) is 24.5 Å². The van der Waals surface area contributed by atoms with Crippen molar-refractivity contribution in [1.82, 2.24) is 5.32 Å². The third-order valence-corrected chi connectivity index (χ3v) is 3.25. The van der Waals surface area contributed by atoms with Gasteiger partial charge in [0, 0.05) is 12.1 Å². The van der Waals surface area contributed by atoms with Gasteiger partial charge in [-0.05, 0) is 43.0 Å². The fourth-order valence-corrected chi connectivity index (χ4v) is 2.29. The van der Waals surface area contributed by atoms with Gasteiger partial charge in [-0.3, -0.25) is 0 Å². The van der Waals surface area contributed by atoms with Gasteiger partial charge in [-0.25, -0.2) is 4.39 Å². The molecule has 0 aromatic heterocycles. The van der Waals surface area contributed by atoms with Gasteiger partial charge in [0.05, 0.1) is 0 Å². The first-order valence-electron chi connectivity index (χ1n) is 7.04. The second kappa shape index (κ2) is 7.52. The fourth-order valence-electron chi connectivity index (χ4n) is 2.29. The third-order valence-electron chi connectivity index (χ3n) is 3.25. The molecule has 0 aliphatic rings. The molecule has 0 aliphatic heterocycles. The summed E-state index contributed by atoms with van der Waals surface area (Å²) >= 11 is 0. The van der Waals surface area contributed by atoms with Crippen LogP contribution in [0.25, 0.3) is 0 Å². The number of hydrogen-bond donors (Lipinski definition) is 1. The number of hydrogen-bond acceptors (Lipinski definition) is 1. The molecule has 0 saturated heterocycles. The lowest BCUT2D eigenvalue weighted by molar-refractivity contribution is 0.424. The van der Waals surface area contributed by atoms with Crippen LogP contribution in [0.3, 0.4) is 0 Å². The molecule has 0 amide bonds. The first-order valence-corrected chi connectivity index (χ1v) is 7.04. The topological polar surface area (TPSA) is 12.0 Å². The molecule has 0 bridgehead atoms. The van der Waals surface area contributed by atoms with Gasteiger partial charge < -0.3 is 5.32 Å². The minimum Gasteiger partial charge on any atom is -0.311 e. The van der Waals surface area contributed by atoms with Crippen molar-refractivity contribution >= 4 is 0 Å². The number of aryl methyl sites for hydroxylation is 1. The Kier molecular flexibility index (Phi) is 6.34. The largest absolute Gasteiger partial charge is 0.311 e. The highest BCUT2D eigenvalue weighted by Gasteiger charge is 2.12. The molecule has 1 atom stereocenters. The summed E-state index contributed by atoms with van der Waals surface area (Å²) in [6.45, 7) is 8.59. The molecule has 18 heavy (non-hydrogen) atoms. The molecule has 102 valence electrons. The Bertz CT molecular complexity index is 360. The van der Waals surface area contributed by atoms with E-state index < -0.39 is 0 Å².